The fourth-order valence-corrected chi connectivity index (χ4v) is 1.92. The minimum atomic E-state index is -0.0575. The number of carbonyl (C=O) groups excluding carboxylic acids is 1. The van der Waals surface area contributed by atoms with E-state index in [0.717, 1.165) is 19.0 Å². The van der Waals surface area contributed by atoms with Gasteiger partial charge >= 0.3 is 0 Å². The van der Waals surface area contributed by atoms with E-state index in [9.17, 15) is 4.79 Å². The Morgan fingerprint density at radius 2 is 1.78 bits per heavy atom. The number of amides is 1. The highest BCUT2D eigenvalue weighted by Gasteiger charge is 2.15. The second kappa shape index (κ2) is 10.2. The van der Waals surface area contributed by atoms with E-state index in [1.165, 1.54) is 0 Å². The Bertz CT molecular complexity index is 503. The minimum absolute atomic E-state index is 0.0575. The summed E-state index contributed by atoms with van der Waals surface area (Å²) in [5, 5.41) is 9.35. The van der Waals surface area contributed by atoms with Gasteiger partial charge in [-0.15, -0.1) is 0 Å². The smallest absolute Gasteiger partial charge is 0.251 e. The van der Waals surface area contributed by atoms with Crippen LogP contribution in [0.1, 0.15) is 31.1 Å². The van der Waals surface area contributed by atoms with E-state index >= 15 is 0 Å². The summed E-state index contributed by atoms with van der Waals surface area (Å²) < 4.78 is 0.115. The molecular formula is C17H28N4OS. The van der Waals surface area contributed by atoms with Crippen molar-refractivity contribution in [3.8, 4) is 0 Å². The molecule has 6 heteroatoms. The number of aliphatic imine (C=N–C) groups is 1. The Balaban J connectivity index is 2.38. The zero-order chi connectivity index (χ0) is 17.1. The van der Waals surface area contributed by atoms with Gasteiger partial charge < -0.3 is 16.0 Å². The normalized spacial score (nSPS) is 11.9. The summed E-state index contributed by atoms with van der Waals surface area (Å²) in [6.07, 6.45) is 2.09. The number of hydrogen-bond donors (Lipinski definition) is 3. The van der Waals surface area contributed by atoms with Crippen LogP contribution < -0.4 is 16.0 Å². The Morgan fingerprint density at radius 1 is 1.13 bits per heavy atom. The van der Waals surface area contributed by atoms with Crippen molar-refractivity contribution in [2.45, 2.75) is 25.5 Å². The van der Waals surface area contributed by atoms with Crippen molar-refractivity contribution in [3.05, 3.63) is 35.9 Å². The van der Waals surface area contributed by atoms with Gasteiger partial charge in [0.2, 0.25) is 0 Å². The monoisotopic (exact) mass is 336 g/mol. The van der Waals surface area contributed by atoms with Crippen molar-refractivity contribution in [2.75, 3.05) is 32.4 Å². The Morgan fingerprint density at radius 3 is 2.39 bits per heavy atom. The predicted octanol–water partition coefficient (Wildman–Crippen LogP) is 2.11. The predicted molar refractivity (Wildman–Crippen MR) is 100 cm³/mol. The number of hydrogen-bond acceptors (Lipinski definition) is 3. The standard InChI is InChI=1S/C17H28N4OS/c1-5-18-16(21-13-17(2,3)23-4)20-12-11-19-15(22)14-9-7-6-8-10-14/h6-10H,5,11-13H2,1-4H3,(H,19,22)(H2,18,20,21). The summed E-state index contributed by atoms with van der Waals surface area (Å²) in [6.45, 7) is 9.10. The van der Waals surface area contributed by atoms with Crippen LogP contribution in [0.2, 0.25) is 0 Å². The molecule has 0 radical (unpaired) electrons. The van der Waals surface area contributed by atoms with E-state index in [2.05, 4.69) is 41.0 Å². The fourth-order valence-electron chi connectivity index (χ4n) is 1.72. The Labute approximate surface area is 143 Å². The molecule has 0 aliphatic carbocycles. The van der Waals surface area contributed by atoms with Crippen LogP contribution in [0, 0.1) is 0 Å². The van der Waals surface area contributed by atoms with E-state index in [0.29, 0.717) is 18.7 Å². The number of thioether (sulfide) groups is 1. The number of nitrogens with zero attached hydrogens (tertiary/aromatic N) is 1. The molecule has 128 valence electrons. The average molecular weight is 337 g/mol. The second-order valence-electron chi connectivity index (χ2n) is 5.71. The molecule has 0 fully saturated rings. The lowest BCUT2D eigenvalue weighted by atomic mass is 10.2. The van der Waals surface area contributed by atoms with Gasteiger partial charge in [-0.25, -0.2) is 0 Å². The zero-order valence-electron chi connectivity index (χ0n) is 14.5. The van der Waals surface area contributed by atoms with Crippen molar-refractivity contribution >= 4 is 23.6 Å². The minimum Gasteiger partial charge on any atom is -0.357 e. The summed E-state index contributed by atoms with van der Waals surface area (Å²) >= 11 is 1.80. The van der Waals surface area contributed by atoms with Gasteiger partial charge in [-0.05, 0) is 39.2 Å². The number of nitrogens with one attached hydrogen (secondary N) is 3. The quantitative estimate of drug-likeness (QED) is 0.386. The fraction of sp³-hybridized carbons (Fsp3) is 0.529. The van der Waals surface area contributed by atoms with Crippen LogP contribution in [0.4, 0.5) is 0 Å². The molecule has 0 saturated heterocycles. The van der Waals surface area contributed by atoms with Gasteiger partial charge in [-0.3, -0.25) is 9.79 Å². The van der Waals surface area contributed by atoms with Gasteiger partial charge in [-0.2, -0.15) is 11.8 Å². The molecule has 1 amide bonds. The molecule has 0 heterocycles. The molecule has 3 N–H and O–H groups in total. The van der Waals surface area contributed by atoms with E-state index in [4.69, 9.17) is 0 Å². The Hall–Kier alpha value is -1.69. The first-order valence-corrected chi connectivity index (χ1v) is 9.11. The summed E-state index contributed by atoms with van der Waals surface area (Å²) in [6, 6.07) is 9.22. The molecule has 1 rings (SSSR count). The molecule has 0 unspecified atom stereocenters. The van der Waals surface area contributed by atoms with Crippen LogP contribution in [0.3, 0.4) is 0 Å². The van der Waals surface area contributed by atoms with Crippen LogP contribution in [-0.4, -0.2) is 49.0 Å². The van der Waals surface area contributed by atoms with Crippen LogP contribution in [-0.2, 0) is 0 Å². The number of carbonyl (C=O) groups is 1. The van der Waals surface area contributed by atoms with Gasteiger partial charge in [-0.1, -0.05) is 18.2 Å². The van der Waals surface area contributed by atoms with Gasteiger partial charge in [0.05, 0.1) is 6.54 Å². The van der Waals surface area contributed by atoms with Gasteiger partial charge in [0.1, 0.15) is 0 Å². The number of guanidine groups is 1. The molecule has 1 aromatic carbocycles. The highest BCUT2D eigenvalue weighted by atomic mass is 32.2. The topological polar surface area (TPSA) is 65.5 Å². The second-order valence-corrected chi connectivity index (χ2v) is 7.22. The molecular weight excluding hydrogens is 308 g/mol. The van der Waals surface area contributed by atoms with E-state index < -0.39 is 0 Å². The van der Waals surface area contributed by atoms with Gasteiger partial charge in [0.25, 0.3) is 5.91 Å². The molecule has 0 aliphatic heterocycles. The molecule has 0 atom stereocenters. The van der Waals surface area contributed by atoms with Crippen molar-refractivity contribution < 1.29 is 4.79 Å². The molecule has 5 nitrogen and oxygen atoms in total. The third-order valence-electron chi connectivity index (χ3n) is 3.25. The Kier molecular flexibility index (Phi) is 8.55. The van der Waals surface area contributed by atoms with Crippen LogP contribution in [0.15, 0.2) is 35.3 Å². The van der Waals surface area contributed by atoms with Crippen molar-refractivity contribution in [3.63, 3.8) is 0 Å². The van der Waals surface area contributed by atoms with E-state index in [1.54, 1.807) is 23.9 Å². The SMILES string of the molecule is CCNC(=NCC(C)(C)SC)NCCNC(=O)c1ccccc1. The lowest BCUT2D eigenvalue weighted by molar-refractivity contribution is 0.0954. The maximum atomic E-state index is 11.9. The van der Waals surface area contributed by atoms with Crippen LogP contribution >= 0.6 is 11.8 Å². The van der Waals surface area contributed by atoms with Gasteiger partial charge in [0, 0.05) is 29.9 Å². The molecule has 0 bridgehead atoms. The molecule has 0 aromatic heterocycles. The maximum Gasteiger partial charge on any atom is 0.251 e. The van der Waals surface area contributed by atoms with E-state index in [-0.39, 0.29) is 10.7 Å². The average Bonchev–Trinajstić information content (AvgIpc) is 2.57. The zero-order valence-corrected chi connectivity index (χ0v) is 15.3. The highest BCUT2D eigenvalue weighted by Crippen LogP contribution is 2.20. The van der Waals surface area contributed by atoms with Crippen LogP contribution in [0.5, 0.6) is 0 Å². The summed E-state index contributed by atoms with van der Waals surface area (Å²) in [5.41, 5.74) is 0.676. The maximum absolute atomic E-state index is 11.9. The summed E-state index contributed by atoms with van der Waals surface area (Å²) in [7, 11) is 0. The molecule has 1 aromatic rings. The van der Waals surface area contributed by atoms with E-state index in [1.807, 2.05) is 25.1 Å². The van der Waals surface area contributed by atoms with Crippen LogP contribution in [0.25, 0.3) is 0 Å². The first-order chi connectivity index (χ1) is 11.0. The largest absolute Gasteiger partial charge is 0.357 e. The highest BCUT2D eigenvalue weighted by molar-refractivity contribution is 7.99. The number of benzene rings is 1. The summed E-state index contributed by atoms with van der Waals surface area (Å²) in [4.78, 5) is 16.5. The summed E-state index contributed by atoms with van der Waals surface area (Å²) in [5.74, 6) is 0.724. The molecule has 0 aliphatic rings. The van der Waals surface area contributed by atoms with Crippen molar-refractivity contribution in [1.82, 2.24) is 16.0 Å². The first kappa shape index (κ1) is 19.4. The van der Waals surface area contributed by atoms with Crippen molar-refractivity contribution in [2.24, 2.45) is 4.99 Å². The third kappa shape index (κ3) is 7.93. The molecule has 0 spiro atoms. The third-order valence-corrected chi connectivity index (χ3v) is 4.49. The molecule has 23 heavy (non-hydrogen) atoms. The molecule has 0 saturated carbocycles. The lowest BCUT2D eigenvalue weighted by Gasteiger charge is -2.20. The van der Waals surface area contributed by atoms with Crippen molar-refractivity contribution in [1.29, 1.82) is 0 Å². The lowest BCUT2D eigenvalue weighted by Crippen LogP contribution is -2.42. The number of rotatable bonds is 8. The van der Waals surface area contributed by atoms with Gasteiger partial charge in [0.15, 0.2) is 5.96 Å². The first-order valence-electron chi connectivity index (χ1n) is 7.89.